The summed E-state index contributed by atoms with van der Waals surface area (Å²) in [6.45, 7) is 0. The van der Waals surface area contributed by atoms with Crippen molar-refractivity contribution >= 4 is 63.2 Å². The first-order valence-corrected chi connectivity index (χ1v) is 8.81. The Labute approximate surface area is 145 Å². The minimum absolute atomic E-state index is 0.233. The Hall–Kier alpha value is -1.28. The molecular weight excluding hydrogens is 365 g/mol. The number of hydrogen-bond acceptors (Lipinski definition) is 5. The number of halogens is 2. The zero-order valence-electron chi connectivity index (χ0n) is 11.1. The second-order valence-corrected chi connectivity index (χ2v) is 6.87. The number of thiazole rings is 1. The summed E-state index contributed by atoms with van der Waals surface area (Å²) in [5.74, 6) is 0.0347. The molecule has 0 unspecified atom stereocenters. The largest absolute Gasteiger partial charge is 0.369 e. The lowest BCUT2D eigenvalue weighted by molar-refractivity contribution is -0.115. The molecule has 1 aromatic heterocycles. The molecule has 0 saturated carbocycles. The van der Waals surface area contributed by atoms with Gasteiger partial charge in [-0.2, -0.15) is 0 Å². The Morgan fingerprint density at radius 1 is 1.36 bits per heavy atom. The maximum Gasteiger partial charge on any atom is 0.259 e. The zero-order chi connectivity index (χ0) is 16.1. The fourth-order valence-corrected chi connectivity index (χ4v) is 3.37. The summed E-state index contributed by atoms with van der Waals surface area (Å²) in [5, 5.41) is 5.68. The van der Waals surface area contributed by atoms with Gasteiger partial charge in [0.2, 0.25) is 5.91 Å². The highest BCUT2D eigenvalue weighted by molar-refractivity contribution is 7.99. The molecule has 116 valence electrons. The number of nitrogens with two attached hydrogens (primary N) is 1. The van der Waals surface area contributed by atoms with Crippen molar-refractivity contribution in [2.24, 2.45) is 5.73 Å². The lowest BCUT2D eigenvalue weighted by atomic mass is 10.2. The summed E-state index contributed by atoms with van der Waals surface area (Å²) in [4.78, 5) is 27.1. The van der Waals surface area contributed by atoms with E-state index in [0.717, 1.165) is 5.69 Å². The molecule has 0 aliphatic heterocycles. The molecule has 3 N–H and O–H groups in total. The number of thioether (sulfide) groups is 1. The van der Waals surface area contributed by atoms with Crippen LogP contribution in [0, 0.1) is 0 Å². The molecule has 2 rings (SSSR count). The maximum atomic E-state index is 12.1. The molecule has 22 heavy (non-hydrogen) atoms. The predicted octanol–water partition coefficient (Wildman–Crippen LogP) is 3.42. The third-order valence-corrected chi connectivity index (χ3v) is 4.80. The van der Waals surface area contributed by atoms with Crippen LogP contribution in [0.3, 0.4) is 0 Å². The molecule has 2 amide bonds. The summed E-state index contributed by atoms with van der Waals surface area (Å²) >= 11 is 14.5. The van der Waals surface area contributed by atoms with Crippen molar-refractivity contribution in [2.75, 3.05) is 11.1 Å². The molecule has 5 nitrogen and oxygen atoms in total. The van der Waals surface area contributed by atoms with Crippen molar-refractivity contribution < 1.29 is 9.59 Å². The van der Waals surface area contributed by atoms with E-state index in [1.165, 1.54) is 29.2 Å². The standard InChI is InChI=1S/C13H11Cl2N3O2S2/c14-7-1-2-10(15)9(3-7)12(20)18-13-17-8(5-22-13)4-21-6-11(16)19/h1-3,5H,4,6H2,(H2,16,19)(H,17,18,20). The van der Waals surface area contributed by atoms with Gasteiger partial charge in [-0.15, -0.1) is 23.1 Å². The number of primary amides is 1. The number of nitrogens with zero attached hydrogens (tertiary/aromatic N) is 1. The summed E-state index contributed by atoms with van der Waals surface area (Å²) in [6, 6.07) is 4.67. The fourth-order valence-electron chi connectivity index (χ4n) is 1.52. The Kier molecular flexibility index (Phi) is 6.07. The van der Waals surface area contributed by atoms with E-state index in [9.17, 15) is 9.59 Å². The van der Waals surface area contributed by atoms with Crippen molar-refractivity contribution in [1.82, 2.24) is 4.98 Å². The maximum absolute atomic E-state index is 12.1. The fraction of sp³-hybridized carbons (Fsp3) is 0.154. The van der Waals surface area contributed by atoms with Gasteiger partial charge in [0.05, 0.1) is 22.0 Å². The lowest BCUT2D eigenvalue weighted by Gasteiger charge is -2.04. The Balaban J connectivity index is 1.99. The van der Waals surface area contributed by atoms with Gasteiger partial charge in [-0.3, -0.25) is 14.9 Å². The van der Waals surface area contributed by atoms with Crippen molar-refractivity contribution in [3.63, 3.8) is 0 Å². The van der Waals surface area contributed by atoms with Crippen LogP contribution in [-0.4, -0.2) is 22.6 Å². The van der Waals surface area contributed by atoms with E-state index in [4.69, 9.17) is 28.9 Å². The van der Waals surface area contributed by atoms with E-state index in [-0.39, 0.29) is 23.1 Å². The smallest absolute Gasteiger partial charge is 0.259 e. The van der Waals surface area contributed by atoms with Crippen LogP contribution in [0.4, 0.5) is 5.13 Å². The minimum Gasteiger partial charge on any atom is -0.369 e. The highest BCUT2D eigenvalue weighted by atomic mass is 35.5. The molecule has 1 heterocycles. The molecule has 2 aromatic rings. The van der Waals surface area contributed by atoms with Crippen LogP contribution >= 0.6 is 46.3 Å². The van der Waals surface area contributed by atoms with Gasteiger partial charge in [-0.25, -0.2) is 4.98 Å². The van der Waals surface area contributed by atoms with Gasteiger partial charge in [-0.05, 0) is 18.2 Å². The molecule has 0 aliphatic carbocycles. The SMILES string of the molecule is NC(=O)CSCc1csc(NC(=O)c2cc(Cl)ccc2Cl)n1. The third kappa shape index (κ3) is 4.88. The van der Waals surface area contributed by atoms with Gasteiger partial charge < -0.3 is 5.73 Å². The van der Waals surface area contributed by atoms with Gasteiger partial charge in [0.1, 0.15) is 0 Å². The van der Waals surface area contributed by atoms with Gasteiger partial charge in [0.15, 0.2) is 5.13 Å². The molecule has 0 radical (unpaired) electrons. The van der Waals surface area contributed by atoms with Gasteiger partial charge in [0.25, 0.3) is 5.91 Å². The number of aromatic nitrogens is 1. The second kappa shape index (κ2) is 7.82. The number of hydrogen-bond donors (Lipinski definition) is 2. The van der Waals surface area contributed by atoms with Crippen LogP contribution in [0.1, 0.15) is 16.1 Å². The van der Waals surface area contributed by atoms with Crippen LogP contribution in [0.2, 0.25) is 10.0 Å². The molecule has 0 aliphatic rings. The highest BCUT2D eigenvalue weighted by Crippen LogP contribution is 2.24. The quantitative estimate of drug-likeness (QED) is 0.809. The molecule has 0 bridgehead atoms. The van der Waals surface area contributed by atoms with Crippen LogP contribution in [0.5, 0.6) is 0 Å². The van der Waals surface area contributed by atoms with Gasteiger partial charge >= 0.3 is 0 Å². The third-order valence-electron chi connectivity index (χ3n) is 2.44. The van der Waals surface area contributed by atoms with Crippen molar-refractivity contribution in [2.45, 2.75) is 5.75 Å². The van der Waals surface area contributed by atoms with E-state index >= 15 is 0 Å². The Morgan fingerprint density at radius 2 is 2.14 bits per heavy atom. The summed E-state index contributed by atoms with van der Waals surface area (Å²) in [6.07, 6.45) is 0. The number of anilines is 1. The van der Waals surface area contributed by atoms with Crippen LogP contribution < -0.4 is 11.1 Å². The van der Waals surface area contributed by atoms with Crippen LogP contribution in [0.25, 0.3) is 0 Å². The monoisotopic (exact) mass is 375 g/mol. The molecule has 1 aromatic carbocycles. The van der Waals surface area contributed by atoms with Crippen LogP contribution in [-0.2, 0) is 10.5 Å². The van der Waals surface area contributed by atoms with E-state index in [0.29, 0.717) is 20.9 Å². The Morgan fingerprint density at radius 3 is 2.86 bits per heavy atom. The van der Waals surface area contributed by atoms with E-state index in [1.807, 2.05) is 5.38 Å². The van der Waals surface area contributed by atoms with Crippen LogP contribution in [0.15, 0.2) is 23.6 Å². The predicted molar refractivity (Wildman–Crippen MR) is 91.9 cm³/mol. The molecular formula is C13H11Cl2N3O2S2. The van der Waals surface area contributed by atoms with Gasteiger partial charge in [0, 0.05) is 16.2 Å². The summed E-state index contributed by atoms with van der Waals surface area (Å²) in [5.41, 5.74) is 6.11. The molecule has 0 saturated heterocycles. The number of amides is 2. The van der Waals surface area contributed by atoms with Crippen molar-refractivity contribution in [1.29, 1.82) is 0 Å². The molecule has 9 heteroatoms. The first kappa shape index (κ1) is 17.1. The average molecular weight is 376 g/mol. The zero-order valence-corrected chi connectivity index (χ0v) is 14.3. The number of rotatable bonds is 6. The van der Waals surface area contributed by atoms with Gasteiger partial charge in [-0.1, -0.05) is 23.2 Å². The second-order valence-electron chi connectivity index (χ2n) is 4.18. The lowest BCUT2D eigenvalue weighted by Crippen LogP contribution is -2.13. The number of benzene rings is 1. The van der Waals surface area contributed by atoms with Crippen molar-refractivity contribution in [3.05, 3.63) is 44.9 Å². The number of carbonyl (C=O) groups excluding carboxylic acids is 2. The van der Waals surface area contributed by atoms with E-state index in [1.54, 1.807) is 12.1 Å². The highest BCUT2D eigenvalue weighted by Gasteiger charge is 2.13. The average Bonchev–Trinajstić information content (AvgIpc) is 2.88. The first-order valence-electron chi connectivity index (χ1n) is 6.02. The molecule has 0 spiro atoms. The topological polar surface area (TPSA) is 85.1 Å². The molecule has 0 atom stereocenters. The normalized spacial score (nSPS) is 10.5. The van der Waals surface area contributed by atoms with Crippen molar-refractivity contribution in [3.8, 4) is 0 Å². The number of nitrogens with one attached hydrogen (secondary N) is 1. The summed E-state index contributed by atoms with van der Waals surface area (Å²) < 4.78 is 0. The first-order chi connectivity index (χ1) is 10.5. The Bertz CT molecular complexity index is 706. The molecule has 0 fully saturated rings. The summed E-state index contributed by atoms with van der Waals surface area (Å²) in [7, 11) is 0. The number of carbonyl (C=O) groups is 2. The minimum atomic E-state index is -0.377. The van der Waals surface area contributed by atoms with E-state index in [2.05, 4.69) is 10.3 Å². The van der Waals surface area contributed by atoms with E-state index < -0.39 is 0 Å².